The zero-order chi connectivity index (χ0) is 17.6. The quantitative estimate of drug-likeness (QED) is 0.707. The molecule has 1 N–H and O–H groups in total. The minimum Gasteiger partial charge on any atom is -0.357 e. The molecule has 3 aromatic rings. The minimum absolute atomic E-state index is 0.133. The van der Waals surface area contributed by atoms with Crippen molar-refractivity contribution in [3.05, 3.63) is 70.7 Å². The smallest absolute Gasteiger partial charge is 0.227 e. The third-order valence-corrected chi connectivity index (χ3v) is 4.67. The van der Waals surface area contributed by atoms with Crippen LogP contribution in [0.2, 0.25) is 0 Å². The highest BCUT2D eigenvalue weighted by molar-refractivity contribution is 5.86. The molecule has 0 saturated carbocycles. The van der Waals surface area contributed by atoms with Crippen molar-refractivity contribution >= 4 is 16.8 Å². The van der Waals surface area contributed by atoms with Gasteiger partial charge >= 0.3 is 0 Å². The highest BCUT2D eigenvalue weighted by atomic mass is 19.2. The molecule has 4 rings (SSSR count). The van der Waals surface area contributed by atoms with Gasteiger partial charge in [0.1, 0.15) is 5.82 Å². The maximum absolute atomic E-state index is 13.8. The fraction of sp³-hybridized carbons (Fsp3) is 0.211. The van der Waals surface area contributed by atoms with Crippen molar-refractivity contribution in [3.8, 4) is 0 Å². The van der Waals surface area contributed by atoms with Crippen molar-refractivity contribution in [2.24, 2.45) is 0 Å². The molecule has 25 heavy (non-hydrogen) atoms. The number of rotatable bonds is 2. The van der Waals surface area contributed by atoms with Crippen molar-refractivity contribution in [2.45, 2.75) is 19.4 Å². The van der Waals surface area contributed by atoms with E-state index in [1.54, 1.807) is 4.90 Å². The zero-order valence-corrected chi connectivity index (χ0v) is 13.3. The number of benzene rings is 2. The first-order valence-electron chi connectivity index (χ1n) is 8.02. The number of hydrogen-bond donors (Lipinski definition) is 1. The Bertz CT molecular complexity index is 980. The molecular formula is C19H15F3N2O. The van der Waals surface area contributed by atoms with E-state index in [0.717, 1.165) is 22.7 Å². The number of fused-ring (bicyclic) bond motifs is 3. The number of H-pyrrole nitrogens is 1. The van der Waals surface area contributed by atoms with Gasteiger partial charge < -0.3 is 9.88 Å². The highest BCUT2D eigenvalue weighted by Gasteiger charge is 2.24. The van der Waals surface area contributed by atoms with E-state index in [4.69, 9.17) is 0 Å². The van der Waals surface area contributed by atoms with E-state index in [1.165, 1.54) is 5.56 Å². The van der Waals surface area contributed by atoms with Gasteiger partial charge in [-0.1, -0.05) is 18.2 Å². The minimum atomic E-state index is -1.26. The molecule has 128 valence electrons. The van der Waals surface area contributed by atoms with E-state index < -0.39 is 17.5 Å². The zero-order valence-electron chi connectivity index (χ0n) is 13.3. The van der Waals surface area contributed by atoms with E-state index in [0.29, 0.717) is 25.6 Å². The van der Waals surface area contributed by atoms with Crippen LogP contribution in [0.1, 0.15) is 16.8 Å². The standard InChI is InChI=1S/C19H15F3N2O/c20-14-9-16(22)15(21)7-11(14)8-19(25)24-6-5-13-12-3-1-2-4-17(12)23-18(13)10-24/h1-4,7,9,23H,5-6,8,10H2. The average Bonchev–Trinajstić information content (AvgIpc) is 2.97. The van der Waals surface area contributed by atoms with Crippen molar-refractivity contribution in [2.75, 3.05) is 6.54 Å². The lowest BCUT2D eigenvalue weighted by atomic mass is 10.0. The molecule has 1 aliphatic rings. The Morgan fingerprint density at radius 3 is 2.68 bits per heavy atom. The molecule has 0 radical (unpaired) electrons. The second-order valence-electron chi connectivity index (χ2n) is 6.23. The van der Waals surface area contributed by atoms with Crippen LogP contribution in [-0.4, -0.2) is 22.3 Å². The lowest BCUT2D eigenvalue weighted by Crippen LogP contribution is -2.37. The van der Waals surface area contributed by atoms with E-state index in [2.05, 4.69) is 4.98 Å². The van der Waals surface area contributed by atoms with E-state index in [-0.39, 0.29) is 17.9 Å². The Balaban J connectivity index is 1.55. The number of carbonyl (C=O) groups is 1. The van der Waals surface area contributed by atoms with Gasteiger partial charge in [0.15, 0.2) is 11.6 Å². The Morgan fingerprint density at radius 1 is 1.08 bits per heavy atom. The second-order valence-corrected chi connectivity index (χ2v) is 6.23. The molecule has 1 aliphatic heterocycles. The van der Waals surface area contributed by atoms with Crippen LogP contribution in [0, 0.1) is 17.5 Å². The molecule has 0 bridgehead atoms. The van der Waals surface area contributed by atoms with E-state index >= 15 is 0 Å². The molecule has 0 atom stereocenters. The highest BCUT2D eigenvalue weighted by Crippen LogP contribution is 2.27. The summed E-state index contributed by atoms with van der Waals surface area (Å²) in [5.41, 5.74) is 3.05. The molecule has 0 unspecified atom stereocenters. The Morgan fingerprint density at radius 2 is 1.84 bits per heavy atom. The predicted octanol–water partition coefficient (Wildman–Crippen LogP) is 3.71. The summed E-state index contributed by atoms with van der Waals surface area (Å²) in [5, 5.41) is 1.15. The number of halogens is 3. The van der Waals surface area contributed by atoms with Gasteiger partial charge in [0.05, 0.1) is 13.0 Å². The molecule has 0 aliphatic carbocycles. The van der Waals surface area contributed by atoms with Crippen molar-refractivity contribution < 1.29 is 18.0 Å². The van der Waals surface area contributed by atoms with Gasteiger partial charge in [-0.3, -0.25) is 4.79 Å². The number of nitrogens with zero attached hydrogens (tertiary/aromatic N) is 1. The van der Waals surface area contributed by atoms with Gasteiger partial charge in [-0.15, -0.1) is 0 Å². The SMILES string of the molecule is O=C(Cc1cc(F)c(F)cc1F)N1CCc2c([nH]c3ccccc23)C1. The lowest BCUT2D eigenvalue weighted by Gasteiger charge is -2.27. The molecule has 0 fully saturated rings. The number of hydrogen-bond acceptors (Lipinski definition) is 1. The van der Waals surface area contributed by atoms with Crippen LogP contribution < -0.4 is 0 Å². The van der Waals surface area contributed by atoms with Crippen LogP contribution in [0.4, 0.5) is 13.2 Å². The summed E-state index contributed by atoms with van der Waals surface area (Å²) in [7, 11) is 0. The largest absolute Gasteiger partial charge is 0.357 e. The van der Waals surface area contributed by atoms with Crippen LogP contribution in [0.25, 0.3) is 10.9 Å². The number of para-hydroxylation sites is 1. The van der Waals surface area contributed by atoms with Gasteiger partial charge in [-0.05, 0) is 24.1 Å². The van der Waals surface area contributed by atoms with Gasteiger partial charge in [0.25, 0.3) is 0 Å². The van der Waals surface area contributed by atoms with Crippen LogP contribution in [0.15, 0.2) is 36.4 Å². The Kier molecular flexibility index (Phi) is 3.75. The molecule has 2 aromatic carbocycles. The molecule has 1 aromatic heterocycles. The van der Waals surface area contributed by atoms with Gasteiger partial charge in [0, 0.05) is 34.8 Å². The summed E-state index contributed by atoms with van der Waals surface area (Å²) < 4.78 is 40.1. The maximum atomic E-state index is 13.8. The number of nitrogens with one attached hydrogen (secondary N) is 1. The number of amides is 1. The van der Waals surface area contributed by atoms with Gasteiger partial charge in [-0.25, -0.2) is 13.2 Å². The average molecular weight is 344 g/mol. The monoisotopic (exact) mass is 344 g/mol. The van der Waals surface area contributed by atoms with Crippen molar-refractivity contribution in [1.82, 2.24) is 9.88 Å². The molecule has 0 spiro atoms. The van der Waals surface area contributed by atoms with Crippen LogP contribution in [0.5, 0.6) is 0 Å². The number of aromatic nitrogens is 1. The van der Waals surface area contributed by atoms with Gasteiger partial charge in [0.2, 0.25) is 5.91 Å². The van der Waals surface area contributed by atoms with E-state index in [9.17, 15) is 18.0 Å². The molecule has 6 heteroatoms. The second kappa shape index (κ2) is 5.95. The maximum Gasteiger partial charge on any atom is 0.227 e. The lowest BCUT2D eigenvalue weighted by molar-refractivity contribution is -0.131. The first-order valence-corrected chi connectivity index (χ1v) is 8.02. The summed E-state index contributed by atoms with van der Waals surface area (Å²) in [6, 6.07) is 9.17. The molecule has 0 saturated heterocycles. The normalized spacial score (nSPS) is 14.0. The molecule has 3 nitrogen and oxygen atoms in total. The van der Waals surface area contributed by atoms with E-state index in [1.807, 2.05) is 24.3 Å². The molecule has 1 amide bonds. The van der Waals surface area contributed by atoms with Gasteiger partial charge in [-0.2, -0.15) is 0 Å². The van der Waals surface area contributed by atoms with Crippen LogP contribution in [-0.2, 0) is 24.2 Å². The van der Waals surface area contributed by atoms with Crippen molar-refractivity contribution in [1.29, 1.82) is 0 Å². The van der Waals surface area contributed by atoms with Crippen molar-refractivity contribution in [3.63, 3.8) is 0 Å². The fourth-order valence-corrected chi connectivity index (χ4v) is 3.38. The number of aromatic amines is 1. The van der Waals surface area contributed by atoms with Crippen LogP contribution >= 0.6 is 0 Å². The third kappa shape index (κ3) is 2.77. The fourth-order valence-electron chi connectivity index (χ4n) is 3.38. The Labute approximate surface area is 142 Å². The summed E-state index contributed by atoms with van der Waals surface area (Å²) in [6.07, 6.45) is 0.407. The topological polar surface area (TPSA) is 36.1 Å². The van der Waals surface area contributed by atoms with Crippen LogP contribution in [0.3, 0.4) is 0 Å². The Hall–Kier alpha value is -2.76. The summed E-state index contributed by atoms with van der Waals surface area (Å²) in [5.74, 6) is -3.63. The molecule has 2 heterocycles. The first-order chi connectivity index (χ1) is 12.0. The summed E-state index contributed by atoms with van der Waals surface area (Å²) >= 11 is 0. The predicted molar refractivity (Wildman–Crippen MR) is 87.4 cm³/mol. The summed E-state index contributed by atoms with van der Waals surface area (Å²) in [6.45, 7) is 0.910. The first kappa shape index (κ1) is 15.7. The molecular weight excluding hydrogens is 329 g/mol. The number of carbonyl (C=O) groups excluding carboxylic acids is 1. The third-order valence-electron chi connectivity index (χ3n) is 4.67. The summed E-state index contributed by atoms with van der Waals surface area (Å²) in [4.78, 5) is 17.4.